The molecule has 0 radical (unpaired) electrons. The van der Waals surface area contributed by atoms with Gasteiger partial charge in [0.25, 0.3) is 0 Å². The standard InChI is InChI=1S/C7H10N2O3/c1-11-4-5-12-7(10)6-8-2-3-9-6/h2-3H,4-5H2,1H3,(H,8,9). The third-order valence-corrected chi connectivity index (χ3v) is 1.21. The van der Waals surface area contributed by atoms with E-state index in [0.29, 0.717) is 6.61 Å². The number of carbonyl (C=O) groups excluding carboxylic acids is 1. The monoisotopic (exact) mass is 170 g/mol. The van der Waals surface area contributed by atoms with Crippen LogP contribution in [0.25, 0.3) is 0 Å². The van der Waals surface area contributed by atoms with E-state index in [4.69, 9.17) is 9.47 Å². The molecule has 0 saturated heterocycles. The molecule has 1 heterocycles. The van der Waals surface area contributed by atoms with Crippen LogP contribution in [0.3, 0.4) is 0 Å². The molecular weight excluding hydrogens is 160 g/mol. The number of nitrogens with one attached hydrogen (secondary N) is 1. The third-order valence-electron chi connectivity index (χ3n) is 1.21. The number of H-pyrrole nitrogens is 1. The Morgan fingerprint density at radius 2 is 2.50 bits per heavy atom. The fourth-order valence-corrected chi connectivity index (χ4v) is 0.663. The van der Waals surface area contributed by atoms with Gasteiger partial charge in [-0.3, -0.25) is 0 Å². The first kappa shape index (κ1) is 8.73. The van der Waals surface area contributed by atoms with E-state index in [1.54, 1.807) is 13.3 Å². The van der Waals surface area contributed by atoms with E-state index < -0.39 is 5.97 Å². The Bertz CT molecular complexity index is 233. The summed E-state index contributed by atoms with van der Waals surface area (Å²) in [5, 5.41) is 0. The first-order valence-electron chi connectivity index (χ1n) is 3.50. The molecule has 0 saturated carbocycles. The minimum atomic E-state index is -0.461. The van der Waals surface area contributed by atoms with E-state index >= 15 is 0 Å². The minimum absolute atomic E-state index is 0.214. The quantitative estimate of drug-likeness (QED) is 0.518. The zero-order valence-corrected chi connectivity index (χ0v) is 6.74. The minimum Gasteiger partial charge on any atom is -0.457 e. The fraction of sp³-hybridized carbons (Fsp3) is 0.429. The molecule has 1 N–H and O–H groups in total. The summed E-state index contributed by atoms with van der Waals surface area (Å²) in [6.07, 6.45) is 3.06. The molecule has 0 aliphatic rings. The molecule has 0 aliphatic heterocycles. The number of methoxy groups -OCH3 is 1. The Kier molecular flexibility index (Phi) is 3.28. The van der Waals surface area contributed by atoms with E-state index in [1.807, 2.05) is 0 Å². The molecule has 66 valence electrons. The van der Waals surface area contributed by atoms with E-state index in [9.17, 15) is 4.79 Å². The summed E-state index contributed by atoms with van der Waals surface area (Å²) in [5.74, 6) is -0.247. The van der Waals surface area contributed by atoms with Crippen LogP contribution >= 0.6 is 0 Å². The summed E-state index contributed by atoms with van der Waals surface area (Å²) in [6.45, 7) is 0.641. The zero-order valence-electron chi connectivity index (χ0n) is 6.74. The summed E-state index contributed by atoms with van der Waals surface area (Å²) in [7, 11) is 1.54. The molecule has 0 fully saturated rings. The SMILES string of the molecule is COCCOC(=O)c1ncc[nH]1. The van der Waals surface area contributed by atoms with Crippen LogP contribution in [0.15, 0.2) is 12.4 Å². The lowest BCUT2D eigenvalue weighted by Gasteiger charge is -2.00. The van der Waals surface area contributed by atoms with Gasteiger partial charge in [0.15, 0.2) is 0 Å². The van der Waals surface area contributed by atoms with Crippen molar-refractivity contribution < 1.29 is 14.3 Å². The summed E-state index contributed by atoms with van der Waals surface area (Å²) < 4.78 is 9.47. The van der Waals surface area contributed by atoms with Crippen molar-refractivity contribution in [1.29, 1.82) is 0 Å². The topological polar surface area (TPSA) is 64.2 Å². The number of ether oxygens (including phenoxy) is 2. The highest BCUT2D eigenvalue weighted by molar-refractivity contribution is 5.85. The molecule has 0 amide bonds. The van der Waals surface area contributed by atoms with Gasteiger partial charge in [-0.15, -0.1) is 0 Å². The average molecular weight is 170 g/mol. The van der Waals surface area contributed by atoms with Crippen LogP contribution in [-0.4, -0.2) is 36.3 Å². The summed E-state index contributed by atoms with van der Waals surface area (Å²) in [4.78, 5) is 17.4. The number of imidazole rings is 1. The van der Waals surface area contributed by atoms with Gasteiger partial charge in [-0.2, -0.15) is 0 Å². The number of rotatable bonds is 4. The molecule has 1 aromatic heterocycles. The Morgan fingerprint density at radius 3 is 3.08 bits per heavy atom. The van der Waals surface area contributed by atoms with Gasteiger partial charge < -0.3 is 14.5 Å². The molecule has 0 bridgehead atoms. The Morgan fingerprint density at radius 1 is 1.67 bits per heavy atom. The van der Waals surface area contributed by atoms with Crippen molar-refractivity contribution in [3.8, 4) is 0 Å². The number of aromatic amines is 1. The normalized spacial score (nSPS) is 9.75. The number of hydrogen-bond acceptors (Lipinski definition) is 4. The van der Waals surface area contributed by atoms with Crippen molar-refractivity contribution in [2.24, 2.45) is 0 Å². The highest BCUT2D eigenvalue weighted by Gasteiger charge is 2.07. The second-order valence-corrected chi connectivity index (χ2v) is 2.07. The Balaban J connectivity index is 2.30. The molecular formula is C7H10N2O3. The second kappa shape index (κ2) is 4.50. The molecule has 0 aliphatic carbocycles. The van der Waals surface area contributed by atoms with Crippen molar-refractivity contribution in [2.75, 3.05) is 20.3 Å². The lowest BCUT2D eigenvalue weighted by Crippen LogP contribution is -2.11. The summed E-state index contributed by atoms with van der Waals surface area (Å²) in [6, 6.07) is 0. The van der Waals surface area contributed by atoms with Crippen LogP contribution in [0.1, 0.15) is 10.6 Å². The number of nitrogens with zero attached hydrogens (tertiary/aromatic N) is 1. The third kappa shape index (κ3) is 2.35. The van der Waals surface area contributed by atoms with E-state index in [-0.39, 0.29) is 12.4 Å². The molecule has 5 heteroatoms. The van der Waals surface area contributed by atoms with Crippen LogP contribution in [0.4, 0.5) is 0 Å². The molecule has 0 atom stereocenters. The predicted octanol–water partition coefficient (Wildman–Crippen LogP) is 0.213. The largest absolute Gasteiger partial charge is 0.457 e. The van der Waals surface area contributed by atoms with E-state index in [0.717, 1.165) is 0 Å². The molecule has 12 heavy (non-hydrogen) atoms. The number of carbonyl (C=O) groups is 1. The van der Waals surface area contributed by atoms with Crippen LogP contribution in [-0.2, 0) is 9.47 Å². The molecule has 0 spiro atoms. The maximum absolute atomic E-state index is 11.0. The lowest BCUT2D eigenvalue weighted by atomic mass is 10.6. The fourth-order valence-electron chi connectivity index (χ4n) is 0.663. The van der Waals surface area contributed by atoms with Crippen molar-refractivity contribution in [3.63, 3.8) is 0 Å². The van der Waals surface area contributed by atoms with E-state index in [2.05, 4.69) is 9.97 Å². The number of hydrogen-bond donors (Lipinski definition) is 1. The maximum Gasteiger partial charge on any atom is 0.374 e. The average Bonchev–Trinajstić information content (AvgIpc) is 2.56. The van der Waals surface area contributed by atoms with Gasteiger partial charge >= 0.3 is 5.97 Å². The molecule has 1 rings (SSSR count). The Hall–Kier alpha value is -1.36. The zero-order chi connectivity index (χ0) is 8.81. The smallest absolute Gasteiger partial charge is 0.374 e. The lowest BCUT2D eigenvalue weighted by molar-refractivity contribution is 0.0376. The van der Waals surface area contributed by atoms with Gasteiger partial charge in [-0.1, -0.05) is 0 Å². The van der Waals surface area contributed by atoms with Gasteiger partial charge in [0.2, 0.25) is 5.82 Å². The van der Waals surface area contributed by atoms with Crippen molar-refractivity contribution >= 4 is 5.97 Å². The van der Waals surface area contributed by atoms with Crippen molar-refractivity contribution in [1.82, 2.24) is 9.97 Å². The highest BCUT2D eigenvalue weighted by Crippen LogP contribution is 1.91. The van der Waals surface area contributed by atoms with Crippen LogP contribution in [0.5, 0.6) is 0 Å². The highest BCUT2D eigenvalue weighted by atomic mass is 16.6. The first-order valence-corrected chi connectivity index (χ1v) is 3.50. The Labute approximate surface area is 69.7 Å². The first-order chi connectivity index (χ1) is 5.84. The van der Waals surface area contributed by atoms with Gasteiger partial charge in [-0.25, -0.2) is 9.78 Å². The van der Waals surface area contributed by atoms with Crippen molar-refractivity contribution in [3.05, 3.63) is 18.2 Å². The molecule has 1 aromatic rings. The molecule has 5 nitrogen and oxygen atoms in total. The second-order valence-electron chi connectivity index (χ2n) is 2.07. The maximum atomic E-state index is 11.0. The number of esters is 1. The van der Waals surface area contributed by atoms with Gasteiger partial charge in [0.05, 0.1) is 6.61 Å². The van der Waals surface area contributed by atoms with Gasteiger partial charge in [0.1, 0.15) is 6.61 Å². The van der Waals surface area contributed by atoms with Crippen molar-refractivity contribution in [2.45, 2.75) is 0 Å². The number of aromatic nitrogens is 2. The van der Waals surface area contributed by atoms with Gasteiger partial charge in [-0.05, 0) is 0 Å². The van der Waals surface area contributed by atoms with Crippen LogP contribution < -0.4 is 0 Å². The predicted molar refractivity (Wildman–Crippen MR) is 40.7 cm³/mol. The molecule has 0 aromatic carbocycles. The summed E-state index contributed by atoms with van der Waals surface area (Å²) >= 11 is 0. The van der Waals surface area contributed by atoms with Crippen LogP contribution in [0.2, 0.25) is 0 Å². The summed E-state index contributed by atoms with van der Waals surface area (Å²) in [5.41, 5.74) is 0. The van der Waals surface area contributed by atoms with Gasteiger partial charge in [0, 0.05) is 19.5 Å². The van der Waals surface area contributed by atoms with Crippen LogP contribution in [0, 0.1) is 0 Å². The molecule has 0 unspecified atom stereocenters. The van der Waals surface area contributed by atoms with E-state index in [1.165, 1.54) is 6.20 Å².